The Morgan fingerprint density at radius 2 is 2.10 bits per heavy atom. The van der Waals surface area contributed by atoms with Gasteiger partial charge in [-0.05, 0) is 19.1 Å². The molecule has 5 nitrogen and oxygen atoms in total. The minimum atomic E-state index is 0.234. The highest BCUT2D eigenvalue weighted by Gasteiger charge is 2.23. The molecule has 0 bridgehead atoms. The van der Waals surface area contributed by atoms with E-state index in [2.05, 4.69) is 23.2 Å². The van der Waals surface area contributed by atoms with Gasteiger partial charge in [-0.1, -0.05) is 12.1 Å². The second-order valence-electron chi connectivity index (χ2n) is 5.16. The van der Waals surface area contributed by atoms with Crippen molar-refractivity contribution in [3.05, 3.63) is 30.1 Å². The fourth-order valence-electron chi connectivity index (χ4n) is 2.88. The molecule has 1 aromatic heterocycles. The average Bonchev–Trinajstić information content (AvgIpc) is 2.87. The van der Waals surface area contributed by atoms with Gasteiger partial charge in [-0.3, -0.25) is 4.90 Å². The summed E-state index contributed by atoms with van der Waals surface area (Å²) >= 11 is 0. The molecule has 1 fully saturated rings. The zero-order valence-corrected chi connectivity index (χ0v) is 11.7. The molecule has 1 saturated heterocycles. The summed E-state index contributed by atoms with van der Waals surface area (Å²) in [6.07, 6.45) is 0. The molecule has 1 unspecified atom stereocenters. The molecule has 1 aliphatic heterocycles. The molecule has 5 heteroatoms. The number of nitrogens with zero attached hydrogens (tertiary/aromatic N) is 4. The molecule has 0 aliphatic carbocycles. The summed E-state index contributed by atoms with van der Waals surface area (Å²) in [7, 11) is 0. The number of aromatic nitrogens is 2. The summed E-state index contributed by atoms with van der Waals surface area (Å²) in [5.74, 6) is 0.995. The van der Waals surface area contributed by atoms with E-state index in [-0.39, 0.29) is 6.04 Å². The summed E-state index contributed by atoms with van der Waals surface area (Å²) < 4.78 is 2.04. The highest BCUT2D eigenvalue weighted by molar-refractivity contribution is 5.76. The Kier molecular flexibility index (Phi) is 3.68. The first-order valence-electron chi connectivity index (χ1n) is 7.08. The number of para-hydroxylation sites is 2. The minimum Gasteiger partial charge on any atom is -0.314 e. The van der Waals surface area contributed by atoms with Crippen molar-refractivity contribution in [2.24, 2.45) is 0 Å². The average molecular weight is 269 g/mol. The van der Waals surface area contributed by atoms with Crippen LogP contribution in [0.1, 0.15) is 18.8 Å². The van der Waals surface area contributed by atoms with Crippen LogP contribution in [0.4, 0.5) is 0 Å². The Labute approximate surface area is 118 Å². The number of benzene rings is 1. The molecule has 3 rings (SSSR count). The Bertz CT molecular complexity index is 633. The number of rotatable bonds is 3. The SMILES string of the molecule is CC(c1nc2ccccc2n1CC#N)N1CCNCC1. The van der Waals surface area contributed by atoms with Gasteiger partial charge in [0.2, 0.25) is 0 Å². The molecule has 0 amide bonds. The van der Waals surface area contributed by atoms with Crippen molar-refractivity contribution in [3.8, 4) is 6.07 Å². The molecular weight excluding hydrogens is 250 g/mol. The molecule has 0 radical (unpaired) electrons. The van der Waals surface area contributed by atoms with E-state index in [9.17, 15) is 0 Å². The van der Waals surface area contributed by atoms with E-state index in [0.717, 1.165) is 43.0 Å². The molecule has 2 heterocycles. The van der Waals surface area contributed by atoms with Crippen LogP contribution in [-0.2, 0) is 6.54 Å². The van der Waals surface area contributed by atoms with Crippen molar-refractivity contribution >= 4 is 11.0 Å². The van der Waals surface area contributed by atoms with E-state index >= 15 is 0 Å². The van der Waals surface area contributed by atoms with Gasteiger partial charge in [0.25, 0.3) is 0 Å². The monoisotopic (exact) mass is 269 g/mol. The molecule has 1 aromatic carbocycles. The number of nitrogens with one attached hydrogen (secondary N) is 1. The number of hydrogen-bond acceptors (Lipinski definition) is 4. The lowest BCUT2D eigenvalue weighted by Crippen LogP contribution is -2.45. The third-order valence-electron chi connectivity index (χ3n) is 3.99. The van der Waals surface area contributed by atoms with Crippen LogP contribution in [0.25, 0.3) is 11.0 Å². The van der Waals surface area contributed by atoms with Gasteiger partial charge in [0.05, 0.1) is 23.1 Å². The van der Waals surface area contributed by atoms with E-state index in [1.807, 2.05) is 28.8 Å². The first-order chi connectivity index (χ1) is 9.81. The molecule has 0 spiro atoms. The molecule has 1 N–H and O–H groups in total. The standard InChI is InChI=1S/C15H19N5/c1-12(19-10-7-17-8-11-19)15-18-13-4-2-3-5-14(13)20(15)9-6-16/h2-5,12,17H,7-11H2,1H3. The third kappa shape index (κ3) is 2.28. The second kappa shape index (κ2) is 5.61. The summed E-state index contributed by atoms with van der Waals surface area (Å²) in [6.45, 7) is 6.62. The van der Waals surface area contributed by atoms with Crippen LogP contribution in [0.2, 0.25) is 0 Å². The van der Waals surface area contributed by atoms with Crippen LogP contribution in [0.3, 0.4) is 0 Å². The maximum atomic E-state index is 9.09. The first-order valence-corrected chi connectivity index (χ1v) is 7.08. The largest absolute Gasteiger partial charge is 0.314 e. The zero-order valence-electron chi connectivity index (χ0n) is 11.7. The third-order valence-corrected chi connectivity index (χ3v) is 3.99. The Hall–Kier alpha value is -1.90. The fraction of sp³-hybridized carbons (Fsp3) is 0.467. The highest BCUT2D eigenvalue weighted by atomic mass is 15.2. The zero-order chi connectivity index (χ0) is 13.9. The van der Waals surface area contributed by atoms with Crippen molar-refractivity contribution in [1.29, 1.82) is 5.26 Å². The quantitative estimate of drug-likeness (QED) is 0.918. The lowest BCUT2D eigenvalue weighted by molar-refractivity contribution is 0.177. The van der Waals surface area contributed by atoms with Crippen LogP contribution < -0.4 is 5.32 Å². The number of imidazole rings is 1. The number of hydrogen-bond donors (Lipinski definition) is 1. The van der Waals surface area contributed by atoms with Crippen LogP contribution in [0.5, 0.6) is 0 Å². The molecule has 20 heavy (non-hydrogen) atoms. The van der Waals surface area contributed by atoms with Crippen LogP contribution in [0.15, 0.2) is 24.3 Å². The summed E-state index contributed by atoms with van der Waals surface area (Å²) in [5.41, 5.74) is 2.02. The second-order valence-corrected chi connectivity index (χ2v) is 5.16. The van der Waals surface area contributed by atoms with E-state index < -0.39 is 0 Å². The van der Waals surface area contributed by atoms with Gasteiger partial charge < -0.3 is 9.88 Å². The van der Waals surface area contributed by atoms with Crippen molar-refractivity contribution in [2.75, 3.05) is 26.2 Å². The number of piperazine rings is 1. The molecule has 0 saturated carbocycles. The van der Waals surface area contributed by atoms with Gasteiger partial charge in [-0.25, -0.2) is 4.98 Å². The maximum Gasteiger partial charge on any atom is 0.127 e. The van der Waals surface area contributed by atoms with Gasteiger partial charge in [-0.15, -0.1) is 0 Å². The molecule has 2 aromatic rings. The van der Waals surface area contributed by atoms with E-state index in [0.29, 0.717) is 6.54 Å². The molecule has 1 atom stereocenters. The van der Waals surface area contributed by atoms with Crippen LogP contribution in [0, 0.1) is 11.3 Å². The van der Waals surface area contributed by atoms with Crippen molar-refractivity contribution in [1.82, 2.24) is 19.8 Å². The maximum absolute atomic E-state index is 9.09. The minimum absolute atomic E-state index is 0.234. The predicted octanol–water partition coefficient (Wildman–Crippen LogP) is 1.53. The van der Waals surface area contributed by atoms with Gasteiger partial charge in [-0.2, -0.15) is 5.26 Å². The van der Waals surface area contributed by atoms with E-state index in [1.54, 1.807) is 0 Å². The van der Waals surface area contributed by atoms with Gasteiger partial charge in [0, 0.05) is 26.2 Å². The summed E-state index contributed by atoms with van der Waals surface area (Å²) in [6, 6.07) is 10.5. The van der Waals surface area contributed by atoms with Gasteiger partial charge >= 0.3 is 0 Å². The van der Waals surface area contributed by atoms with Crippen molar-refractivity contribution in [3.63, 3.8) is 0 Å². The Morgan fingerprint density at radius 1 is 1.35 bits per heavy atom. The molecular formula is C15H19N5. The lowest BCUT2D eigenvalue weighted by Gasteiger charge is -2.32. The van der Waals surface area contributed by atoms with Gasteiger partial charge in [0.15, 0.2) is 0 Å². The molecule has 104 valence electrons. The Balaban J connectivity index is 2.01. The normalized spacial score (nSPS) is 18.0. The smallest absolute Gasteiger partial charge is 0.127 e. The van der Waals surface area contributed by atoms with Gasteiger partial charge in [0.1, 0.15) is 12.4 Å². The van der Waals surface area contributed by atoms with E-state index in [4.69, 9.17) is 10.2 Å². The van der Waals surface area contributed by atoms with E-state index in [1.165, 1.54) is 0 Å². The summed E-state index contributed by atoms with van der Waals surface area (Å²) in [4.78, 5) is 7.18. The van der Waals surface area contributed by atoms with Crippen molar-refractivity contribution < 1.29 is 0 Å². The topological polar surface area (TPSA) is 56.9 Å². The Morgan fingerprint density at radius 3 is 2.85 bits per heavy atom. The number of fused-ring (bicyclic) bond motifs is 1. The first kappa shape index (κ1) is 13.1. The predicted molar refractivity (Wildman–Crippen MR) is 78.2 cm³/mol. The van der Waals surface area contributed by atoms with Crippen LogP contribution in [-0.4, -0.2) is 40.6 Å². The molecule has 1 aliphatic rings. The van der Waals surface area contributed by atoms with Crippen LogP contribution >= 0.6 is 0 Å². The highest BCUT2D eigenvalue weighted by Crippen LogP contribution is 2.24. The summed E-state index contributed by atoms with van der Waals surface area (Å²) in [5, 5.41) is 12.5. The lowest BCUT2D eigenvalue weighted by atomic mass is 10.2. The fourth-order valence-corrected chi connectivity index (χ4v) is 2.88. The number of nitriles is 1. The van der Waals surface area contributed by atoms with Crippen molar-refractivity contribution in [2.45, 2.75) is 19.5 Å².